The van der Waals surface area contributed by atoms with Crippen LogP contribution >= 0.6 is 11.6 Å². The second kappa shape index (κ2) is 4.63. The van der Waals surface area contributed by atoms with Crippen molar-refractivity contribution in [3.05, 3.63) is 28.0 Å². The van der Waals surface area contributed by atoms with Gasteiger partial charge in [-0.25, -0.2) is 8.78 Å². The van der Waals surface area contributed by atoms with Crippen molar-refractivity contribution in [1.82, 2.24) is 4.98 Å². The zero-order chi connectivity index (χ0) is 10.7. The van der Waals surface area contributed by atoms with Gasteiger partial charge in [-0.2, -0.15) is 0 Å². The van der Waals surface area contributed by atoms with Crippen molar-refractivity contribution in [1.29, 1.82) is 0 Å². The van der Waals surface area contributed by atoms with Gasteiger partial charge in [0.1, 0.15) is 0 Å². The molecule has 0 aliphatic carbocycles. The molecule has 14 heavy (non-hydrogen) atoms. The predicted molar refractivity (Wildman–Crippen MR) is 48.0 cm³/mol. The van der Waals surface area contributed by atoms with E-state index in [1.807, 2.05) is 0 Å². The molecule has 1 heterocycles. The molecule has 0 saturated carbocycles. The van der Waals surface area contributed by atoms with Crippen LogP contribution in [0.3, 0.4) is 0 Å². The van der Waals surface area contributed by atoms with Crippen molar-refractivity contribution in [3.63, 3.8) is 0 Å². The smallest absolute Gasteiger partial charge is 0.265 e. The van der Waals surface area contributed by atoms with Gasteiger partial charge in [-0.1, -0.05) is 11.6 Å². The summed E-state index contributed by atoms with van der Waals surface area (Å²) in [4.78, 5) is 3.74. The summed E-state index contributed by atoms with van der Waals surface area (Å²) >= 11 is 5.65. The molecule has 0 amide bonds. The third-order valence-corrected chi connectivity index (χ3v) is 2.07. The van der Waals surface area contributed by atoms with Gasteiger partial charge in [-0.05, 0) is 6.07 Å². The highest BCUT2D eigenvalue weighted by Gasteiger charge is 2.16. The SMILES string of the molecule is NCc1nc(CO)c(C(F)F)cc1Cl. The lowest BCUT2D eigenvalue weighted by atomic mass is 10.2. The second-order valence-electron chi connectivity index (χ2n) is 2.62. The monoisotopic (exact) mass is 222 g/mol. The zero-order valence-electron chi connectivity index (χ0n) is 7.17. The molecule has 78 valence electrons. The fourth-order valence-electron chi connectivity index (χ4n) is 1.04. The number of aromatic nitrogens is 1. The number of alkyl halides is 2. The molecule has 1 aromatic rings. The Morgan fingerprint density at radius 2 is 2.14 bits per heavy atom. The van der Waals surface area contributed by atoms with Crippen LogP contribution in [0.25, 0.3) is 0 Å². The Bertz CT molecular complexity index is 333. The van der Waals surface area contributed by atoms with E-state index in [9.17, 15) is 8.78 Å². The van der Waals surface area contributed by atoms with Crippen molar-refractivity contribution in [3.8, 4) is 0 Å². The molecule has 0 aliphatic heterocycles. The molecule has 0 unspecified atom stereocenters. The zero-order valence-corrected chi connectivity index (χ0v) is 7.93. The first-order valence-electron chi connectivity index (χ1n) is 3.87. The first kappa shape index (κ1) is 11.3. The van der Waals surface area contributed by atoms with Gasteiger partial charge in [0.15, 0.2) is 0 Å². The Labute approximate surface area is 84.5 Å². The molecule has 0 saturated heterocycles. The fraction of sp³-hybridized carbons (Fsp3) is 0.375. The maximum Gasteiger partial charge on any atom is 0.265 e. The molecule has 3 nitrogen and oxygen atoms in total. The third kappa shape index (κ3) is 2.17. The summed E-state index contributed by atoms with van der Waals surface area (Å²) in [6.45, 7) is -0.501. The molecule has 0 fully saturated rings. The maximum absolute atomic E-state index is 12.4. The number of pyridine rings is 1. The predicted octanol–water partition coefficient (Wildman–Crippen LogP) is 1.62. The minimum atomic E-state index is -2.70. The summed E-state index contributed by atoms with van der Waals surface area (Å²) in [6.07, 6.45) is -2.70. The van der Waals surface area contributed by atoms with Gasteiger partial charge in [0.05, 0.1) is 23.0 Å². The highest BCUT2D eigenvalue weighted by atomic mass is 35.5. The number of hydrogen-bond donors (Lipinski definition) is 2. The lowest BCUT2D eigenvalue weighted by molar-refractivity contribution is 0.146. The van der Waals surface area contributed by atoms with Crippen molar-refractivity contribution in [2.24, 2.45) is 5.73 Å². The molecule has 0 bridgehead atoms. The van der Waals surface area contributed by atoms with Gasteiger partial charge < -0.3 is 10.8 Å². The van der Waals surface area contributed by atoms with Crippen molar-refractivity contribution >= 4 is 11.6 Å². The van der Waals surface area contributed by atoms with Crippen LogP contribution < -0.4 is 5.73 Å². The van der Waals surface area contributed by atoms with E-state index in [0.717, 1.165) is 6.07 Å². The van der Waals surface area contributed by atoms with Gasteiger partial charge >= 0.3 is 0 Å². The average Bonchev–Trinajstić information content (AvgIpc) is 2.17. The van der Waals surface area contributed by atoms with Crippen LogP contribution in [0.15, 0.2) is 6.07 Å². The van der Waals surface area contributed by atoms with E-state index in [-0.39, 0.29) is 22.8 Å². The molecule has 0 radical (unpaired) electrons. The molecule has 0 aromatic carbocycles. The number of nitrogens with zero attached hydrogens (tertiary/aromatic N) is 1. The molecule has 0 atom stereocenters. The van der Waals surface area contributed by atoms with Gasteiger partial charge in [-0.15, -0.1) is 0 Å². The minimum absolute atomic E-state index is 0.0509. The Kier molecular flexibility index (Phi) is 3.74. The number of halogens is 3. The number of rotatable bonds is 3. The molecule has 0 aliphatic rings. The normalized spacial score (nSPS) is 11.0. The molecule has 0 spiro atoms. The topological polar surface area (TPSA) is 59.1 Å². The first-order chi connectivity index (χ1) is 6.60. The highest BCUT2D eigenvalue weighted by molar-refractivity contribution is 6.31. The van der Waals surface area contributed by atoms with Crippen molar-refractivity contribution < 1.29 is 13.9 Å². The molecule has 1 rings (SSSR count). The summed E-state index contributed by atoms with van der Waals surface area (Å²) in [5.41, 5.74) is 5.16. The van der Waals surface area contributed by atoms with E-state index < -0.39 is 13.0 Å². The molecule has 6 heteroatoms. The van der Waals surface area contributed by atoms with Crippen LogP contribution in [0.4, 0.5) is 8.78 Å². The Hall–Kier alpha value is -0.780. The maximum atomic E-state index is 12.4. The summed E-state index contributed by atoms with van der Waals surface area (Å²) in [5.74, 6) is 0. The van der Waals surface area contributed by atoms with E-state index in [0.29, 0.717) is 5.69 Å². The standard InChI is InChI=1S/C8H9ClF2N2O/c9-5-1-4(8(10)11)7(3-14)13-6(5)2-12/h1,8,14H,2-3,12H2. The molecular formula is C8H9ClF2N2O. The Morgan fingerprint density at radius 1 is 1.50 bits per heavy atom. The highest BCUT2D eigenvalue weighted by Crippen LogP contribution is 2.26. The van der Waals surface area contributed by atoms with Crippen LogP contribution in [0.1, 0.15) is 23.4 Å². The van der Waals surface area contributed by atoms with Gasteiger partial charge in [0, 0.05) is 12.1 Å². The molecular weight excluding hydrogens is 214 g/mol. The Balaban J connectivity index is 3.24. The van der Waals surface area contributed by atoms with Crippen LogP contribution in [0.2, 0.25) is 5.02 Å². The van der Waals surface area contributed by atoms with Crippen molar-refractivity contribution in [2.45, 2.75) is 19.6 Å². The van der Waals surface area contributed by atoms with E-state index in [2.05, 4.69) is 4.98 Å². The summed E-state index contributed by atoms with van der Waals surface area (Å²) in [7, 11) is 0. The largest absolute Gasteiger partial charge is 0.390 e. The summed E-state index contributed by atoms with van der Waals surface area (Å²) < 4.78 is 24.8. The van der Waals surface area contributed by atoms with Gasteiger partial charge in [-0.3, -0.25) is 4.98 Å². The van der Waals surface area contributed by atoms with Crippen molar-refractivity contribution in [2.75, 3.05) is 0 Å². The lowest BCUT2D eigenvalue weighted by Gasteiger charge is -2.09. The molecule has 1 aromatic heterocycles. The number of aliphatic hydroxyl groups excluding tert-OH is 1. The number of aliphatic hydroxyl groups is 1. The Morgan fingerprint density at radius 3 is 2.57 bits per heavy atom. The minimum Gasteiger partial charge on any atom is -0.390 e. The van der Waals surface area contributed by atoms with E-state index in [1.54, 1.807) is 0 Å². The van der Waals surface area contributed by atoms with Crippen LogP contribution in [-0.4, -0.2) is 10.1 Å². The van der Waals surface area contributed by atoms with Crippen LogP contribution in [-0.2, 0) is 13.2 Å². The van der Waals surface area contributed by atoms with Crippen LogP contribution in [0.5, 0.6) is 0 Å². The quantitative estimate of drug-likeness (QED) is 0.817. The lowest BCUT2D eigenvalue weighted by Crippen LogP contribution is -2.06. The second-order valence-corrected chi connectivity index (χ2v) is 3.02. The van der Waals surface area contributed by atoms with Gasteiger partial charge in [0.2, 0.25) is 0 Å². The fourth-order valence-corrected chi connectivity index (χ4v) is 1.28. The molecule has 3 N–H and O–H groups in total. The average molecular weight is 223 g/mol. The van der Waals surface area contributed by atoms with Crippen LogP contribution in [0, 0.1) is 0 Å². The summed E-state index contributed by atoms with van der Waals surface area (Å²) in [5, 5.41) is 8.90. The summed E-state index contributed by atoms with van der Waals surface area (Å²) in [6, 6.07) is 1.09. The van der Waals surface area contributed by atoms with E-state index >= 15 is 0 Å². The van der Waals surface area contributed by atoms with Gasteiger partial charge in [0.25, 0.3) is 6.43 Å². The number of hydrogen-bond acceptors (Lipinski definition) is 3. The van der Waals surface area contributed by atoms with E-state index in [4.69, 9.17) is 22.4 Å². The first-order valence-corrected chi connectivity index (χ1v) is 4.25. The van der Waals surface area contributed by atoms with E-state index in [1.165, 1.54) is 0 Å². The third-order valence-electron chi connectivity index (χ3n) is 1.74. The number of nitrogens with two attached hydrogens (primary N) is 1.